The Morgan fingerprint density at radius 3 is 1.82 bits per heavy atom. The molecule has 0 amide bonds. The van der Waals surface area contributed by atoms with Gasteiger partial charge in [-0.15, -0.1) is 0 Å². The van der Waals surface area contributed by atoms with Crippen molar-refractivity contribution in [2.24, 2.45) is 0 Å². The molecule has 128 valence electrons. The third kappa shape index (κ3) is 17.2. The van der Waals surface area contributed by atoms with Crippen LogP contribution in [-0.2, 0) is 4.79 Å². The zero-order chi connectivity index (χ0) is 16.3. The second kappa shape index (κ2) is 18.2. The van der Waals surface area contributed by atoms with Crippen LogP contribution in [-0.4, -0.2) is 5.78 Å². The first-order valence-corrected chi connectivity index (χ1v) is 9.63. The molecule has 1 nitrogen and oxygen atoms in total. The van der Waals surface area contributed by atoms with Crippen molar-refractivity contribution in [1.29, 1.82) is 0 Å². The molecule has 0 radical (unpaired) electrons. The van der Waals surface area contributed by atoms with Crippen LogP contribution in [0.3, 0.4) is 0 Å². The monoisotopic (exact) mass is 306 g/mol. The van der Waals surface area contributed by atoms with Crippen molar-refractivity contribution < 1.29 is 4.79 Å². The molecule has 0 saturated heterocycles. The molecule has 1 heteroatoms. The Morgan fingerprint density at radius 2 is 1.23 bits per heavy atom. The summed E-state index contributed by atoms with van der Waals surface area (Å²) in [4.78, 5) is 11.1. The number of hydrogen-bond acceptors (Lipinski definition) is 1. The van der Waals surface area contributed by atoms with Crippen LogP contribution in [0.4, 0.5) is 0 Å². The molecule has 0 spiro atoms. The van der Waals surface area contributed by atoms with Gasteiger partial charge < -0.3 is 0 Å². The molecular formula is C21H38O. The molecule has 0 heterocycles. The summed E-state index contributed by atoms with van der Waals surface area (Å²) in [5.74, 6) is 0.366. The summed E-state index contributed by atoms with van der Waals surface area (Å²) >= 11 is 0. The number of carbonyl (C=O) groups excluding carboxylic acids is 1. The number of unbranched alkanes of at least 4 members (excludes halogenated alkanes) is 9. The average Bonchev–Trinajstić information content (AvgIpc) is 2.54. The SMILES string of the molecule is CCCCCCCCCCCC=CCC=CCCC(=O)CC. The first-order chi connectivity index (χ1) is 10.8. The topological polar surface area (TPSA) is 17.1 Å². The Hall–Kier alpha value is -0.850. The molecular weight excluding hydrogens is 268 g/mol. The van der Waals surface area contributed by atoms with Crippen molar-refractivity contribution in [2.75, 3.05) is 0 Å². The van der Waals surface area contributed by atoms with Crippen LogP contribution >= 0.6 is 0 Å². The van der Waals surface area contributed by atoms with Crippen LogP contribution in [0.1, 0.15) is 104 Å². The summed E-state index contributed by atoms with van der Waals surface area (Å²) in [6.45, 7) is 4.21. The van der Waals surface area contributed by atoms with Crippen LogP contribution in [0.5, 0.6) is 0 Å². The number of rotatable bonds is 16. The van der Waals surface area contributed by atoms with E-state index in [-0.39, 0.29) is 0 Å². The van der Waals surface area contributed by atoms with E-state index < -0.39 is 0 Å². The van der Waals surface area contributed by atoms with E-state index in [0.29, 0.717) is 18.6 Å². The highest BCUT2D eigenvalue weighted by Crippen LogP contribution is 2.10. The van der Waals surface area contributed by atoms with Gasteiger partial charge >= 0.3 is 0 Å². The molecule has 0 saturated carbocycles. The fraction of sp³-hybridized carbons (Fsp3) is 0.762. The molecule has 0 bridgehead atoms. The number of carbonyl (C=O) groups is 1. The molecule has 0 aromatic rings. The fourth-order valence-corrected chi connectivity index (χ4v) is 2.50. The largest absolute Gasteiger partial charge is 0.300 e. The zero-order valence-corrected chi connectivity index (χ0v) is 15.1. The van der Waals surface area contributed by atoms with Gasteiger partial charge in [0.05, 0.1) is 0 Å². The van der Waals surface area contributed by atoms with Gasteiger partial charge in [0.2, 0.25) is 0 Å². The molecule has 22 heavy (non-hydrogen) atoms. The lowest BCUT2D eigenvalue weighted by atomic mass is 10.1. The van der Waals surface area contributed by atoms with Crippen molar-refractivity contribution in [3.05, 3.63) is 24.3 Å². The zero-order valence-electron chi connectivity index (χ0n) is 15.1. The van der Waals surface area contributed by atoms with E-state index in [1.807, 2.05) is 6.92 Å². The second-order valence-electron chi connectivity index (χ2n) is 6.23. The quantitative estimate of drug-likeness (QED) is 0.218. The van der Waals surface area contributed by atoms with Gasteiger partial charge in [-0.1, -0.05) is 89.5 Å². The smallest absolute Gasteiger partial charge is 0.132 e. The summed E-state index contributed by atoms with van der Waals surface area (Å²) in [5, 5.41) is 0. The summed E-state index contributed by atoms with van der Waals surface area (Å²) in [6, 6.07) is 0. The molecule has 0 unspecified atom stereocenters. The molecule has 0 atom stereocenters. The van der Waals surface area contributed by atoms with E-state index >= 15 is 0 Å². The Kier molecular flexibility index (Phi) is 17.5. The van der Waals surface area contributed by atoms with Gasteiger partial charge in [-0.05, 0) is 25.7 Å². The Bertz CT molecular complexity index is 288. The van der Waals surface area contributed by atoms with Gasteiger partial charge in [0, 0.05) is 12.8 Å². The third-order valence-corrected chi connectivity index (χ3v) is 4.06. The minimum absolute atomic E-state index is 0.366. The number of hydrogen-bond donors (Lipinski definition) is 0. The second-order valence-corrected chi connectivity index (χ2v) is 6.23. The molecule has 0 N–H and O–H groups in total. The van der Waals surface area contributed by atoms with Crippen LogP contribution in [0.25, 0.3) is 0 Å². The Labute approximate surface area is 139 Å². The highest BCUT2D eigenvalue weighted by atomic mass is 16.1. The molecule has 0 fully saturated rings. The van der Waals surface area contributed by atoms with Gasteiger partial charge in [-0.25, -0.2) is 0 Å². The molecule has 0 aromatic heterocycles. The van der Waals surface area contributed by atoms with Crippen molar-refractivity contribution in [2.45, 2.75) is 104 Å². The van der Waals surface area contributed by atoms with E-state index in [1.165, 1.54) is 64.2 Å². The predicted molar refractivity (Wildman–Crippen MR) is 99.3 cm³/mol. The van der Waals surface area contributed by atoms with Crippen LogP contribution in [0, 0.1) is 0 Å². The average molecular weight is 307 g/mol. The van der Waals surface area contributed by atoms with Gasteiger partial charge in [0.1, 0.15) is 5.78 Å². The summed E-state index contributed by atoms with van der Waals surface area (Å²) in [6.07, 6.45) is 26.0. The van der Waals surface area contributed by atoms with Gasteiger partial charge in [-0.3, -0.25) is 4.79 Å². The highest BCUT2D eigenvalue weighted by molar-refractivity contribution is 5.78. The number of Topliss-reactive ketones (excluding diaryl/α,β-unsaturated/α-hetero) is 1. The number of ketones is 1. The first kappa shape index (κ1) is 21.1. The number of allylic oxidation sites excluding steroid dienone is 4. The van der Waals surface area contributed by atoms with Gasteiger partial charge in [0.15, 0.2) is 0 Å². The summed E-state index contributed by atoms with van der Waals surface area (Å²) < 4.78 is 0. The van der Waals surface area contributed by atoms with E-state index in [1.54, 1.807) is 0 Å². The van der Waals surface area contributed by atoms with Gasteiger partial charge in [-0.2, -0.15) is 0 Å². The lowest BCUT2D eigenvalue weighted by Crippen LogP contribution is -1.92. The maximum atomic E-state index is 11.1. The summed E-state index contributed by atoms with van der Waals surface area (Å²) in [5.41, 5.74) is 0. The Morgan fingerprint density at radius 1 is 0.682 bits per heavy atom. The van der Waals surface area contributed by atoms with Crippen molar-refractivity contribution >= 4 is 5.78 Å². The van der Waals surface area contributed by atoms with Gasteiger partial charge in [0.25, 0.3) is 0 Å². The standard InChI is InChI=1S/C21H38O/c1-3-5-6-7-8-9-10-11-12-13-14-15-16-17-18-19-20-21(22)4-2/h14-15,17-18H,3-13,16,19-20H2,1-2H3. The molecule has 0 aromatic carbocycles. The first-order valence-electron chi connectivity index (χ1n) is 9.63. The van der Waals surface area contributed by atoms with E-state index in [0.717, 1.165) is 12.8 Å². The summed E-state index contributed by atoms with van der Waals surface area (Å²) in [7, 11) is 0. The van der Waals surface area contributed by atoms with Crippen LogP contribution < -0.4 is 0 Å². The van der Waals surface area contributed by atoms with E-state index in [2.05, 4.69) is 31.2 Å². The maximum Gasteiger partial charge on any atom is 0.132 e. The van der Waals surface area contributed by atoms with E-state index in [4.69, 9.17) is 0 Å². The molecule has 0 aliphatic heterocycles. The lowest BCUT2D eigenvalue weighted by Gasteiger charge is -2.00. The third-order valence-electron chi connectivity index (χ3n) is 4.06. The minimum atomic E-state index is 0.366. The molecule has 0 rings (SSSR count). The van der Waals surface area contributed by atoms with E-state index in [9.17, 15) is 4.79 Å². The van der Waals surface area contributed by atoms with Crippen molar-refractivity contribution in [3.63, 3.8) is 0 Å². The maximum absolute atomic E-state index is 11.1. The normalized spacial score (nSPS) is 11.7. The van der Waals surface area contributed by atoms with Crippen molar-refractivity contribution in [1.82, 2.24) is 0 Å². The highest BCUT2D eigenvalue weighted by Gasteiger charge is 1.93. The van der Waals surface area contributed by atoms with Crippen LogP contribution in [0.15, 0.2) is 24.3 Å². The van der Waals surface area contributed by atoms with Crippen LogP contribution in [0.2, 0.25) is 0 Å². The lowest BCUT2D eigenvalue weighted by molar-refractivity contribution is -0.118. The minimum Gasteiger partial charge on any atom is -0.300 e. The van der Waals surface area contributed by atoms with Crippen molar-refractivity contribution in [3.8, 4) is 0 Å². The Balaban J connectivity index is 3.20. The fourth-order valence-electron chi connectivity index (χ4n) is 2.50. The molecule has 0 aliphatic carbocycles. The predicted octanol–water partition coefficient (Wildman–Crippen LogP) is 7.17. The molecule has 0 aliphatic rings.